The summed E-state index contributed by atoms with van der Waals surface area (Å²) >= 11 is 0. The first-order valence-corrected chi connectivity index (χ1v) is 10.2. The number of halogens is 1. The standard InChI is InChI=1S/C23H26FN3O3/c24-20-11-9-19(10-12-20)23(30)25-17-22(29)27-15-13-26(14-16-27)21(28)8-4-7-18-5-2-1-3-6-18/h1-3,5-6,9-12H,4,7-8,13-17H2,(H,25,30). The van der Waals surface area contributed by atoms with Crippen molar-refractivity contribution in [2.45, 2.75) is 19.3 Å². The van der Waals surface area contributed by atoms with E-state index >= 15 is 0 Å². The summed E-state index contributed by atoms with van der Waals surface area (Å²) in [6.07, 6.45) is 2.17. The predicted octanol–water partition coefficient (Wildman–Crippen LogP) is 2.25. The van der Waals surface area contributed by atoms with Crippen molar-refractivity contribution in [2.75, 3.05) is 32.7 Å². The highest BCUT2D eigenvalue weighted by atomic mass is 19.1. The summed E-state index contributed by atoms with van der Waals surface area (Å²) in [4.78, 5) is 40.2. The Bertz CT molecular complexity index is 863. The van der Waals surface area contributed by atoms with Gasteiger partial charge in [0.25, 0.3) is 5.91 Å². The molecule has 1 fully saturated rings. The highest BCUT2D eigenvalue weighted by Crippen LogP contribution is 2.09. The molecule has 0 saturated carbocycles. The number of hydrogen-bond donors (Lipinski definition) is 1. The minimum atomic E-state index is -0.421. The fourth-order valence-electron chi connectivity index (χ4n) is 3.42. The van der Waals surface area contributed by atoms with Gasteiger partial charge in [0.2, 0.25) is 11.8 Å². The highest BCUT2D eigenvalue weighted by molar-refractivity contribution is 5.96. The monoisotopic (exact) mass is 411 g/mol. The largest absolute Gasteiger partial charge is 0.343 e. The van der Waals surface area contributed by atoms with E-state index in [4.69, 9.17) is 0 Å². The number of piperazine rings is 1. The lowest BCUT2D eigenvalue weighted by Crippen LogP contribution is -2.52. The van der Waals surface area contributed by atoms with Crippen LogP contribution in [0.4, 0.5) is 4.39 Å². The third-order valence-electron chi connectivity index (χ3n) is 5.19. The van der Waals surface area contributed by atoms with Gasteiger partial charge in [-0.2, -0.15) is 0 Å². The summed E-state index contributed by atoms with van der Waals surface area (Å²) in [6.45, 7) is 1.79. The summed E-state index contributed by atoms with van der Waals surface area (Å²) in [5.41, 5.74) is 1.53. The van der Waals surface area contributed by atoms with Crippen LogP contribution in [0.25, 0.3) is 0 Å². The number of benzene rings is 2. The lowest BCUT2D eigenvalue weighted by Gasteiger charge is -2.35. The molecule has 0 bridgehead atoms. The molecule has 0 radical (unpaired) electrons. The van der Waals surface area contributed by atoms with E-state index < -0.39 is 11.7 Å². The van der Waals surface area contributed by atoms with Crippen LogP contribution < -0.4 is 5.32 Å². The Morgan fingerprint density at radius 3 is 2.07 bits per heavy atom. The van der Waals surface area contributed by atoms with Crippen LogP contribution in [0, 0.1) is 5.82 Å². The molecular weight excluding hydrogens is 385 g/mol. The van der Waals surface area contributed by atoms with Gasteiger partial charge in [0.15, 0.2) is 0 Å². The molecule has 0 atom stereocenters. The second-order valence-corrected chi connectivity index (χ2v) is 7.29. The van der Waals surface area contributed by atoms with E-state index in [2.05, 4.69) is 17.4 Å². The molecular formula is C23H26FN3O3. The van der Waals surface area contributed by atoms with Crippen molar-refractivity contribution in [3.63, 3.8) is 0 Å². The van der Waals surface area contributed by atoms with Crippen molar-refractivity contribution < 1.29 is 18.8 Å². The number of hydrogen-bond acceptors (Lipinski definition) is 3. The molecule has 1 N–H and O–H groups in total. The summed E-state index contributed by atoms with van der Waals surface area (Å²) < 4.78 is 12.9. The summed E-state index contributed by atoms with van der Waals surface area (Å²) in [5, 5.41) is 2.56. The zero-order valence-electron chi connectivity index (χ0n) is 16.9. The van der Waals surface area contributed by atoms with Crippen LogP contribution in [0.3, 0.4) is 0 Å². The molecule has 7 heteroatoms. The van der Waals surface area contributed by atoms with Crippen LogP contribution in [0.2, 0.25) is 0 Å². The molecule has 1 heterocycles. The highest BCUT2D eigenvalue weighted by Gasteiger charge is 2.24. The Balaban J connectivity index is 1.35. The lowest BCUT2D eigenvalue weighted by atomic mass is 10.1. The Morgan fingerprint density at radius 1 is 0.833 bits per heavy atom. The van der Waals surface area contributed by atoms with Gasteiger partial charge in [-0.05, 0) is 42.7 Å². The van der Waals surface area contributed by atoms with Crippen molar-refractivity contribution in [1.29, 1.82) is 0 Å². The van der Waals surface area contributed by atoms with E-state index in [0.29, 0.717) is 38.2 Å². The third-order valence-corrected chi connectivity index (χ3v) is 5.19. The normalized spacial score (nSPS) is 13.8. The average Bonchev–Trinajstić information content (AvgIpc) is 2.78. The zero-order valence-corrected chi connectivity index (χ0v) is 16.9. The maximum atomic E-state index is 12.9. The molecule has 0 unspecified atom stereocenters. The van der Waals surface area contributed by atoms with Gasteiger partial charge in [-0.25, -0.2) is 4.39 Å². The van der Waals surface area contributed by atoms with Crippen molar-refractivity contribution in [3.05, 3.63) is 71.5 Å². The minimum Gasteiger partial charge on any atom is -0.343 e. The number of nitrogens with one attached hydrogen (secondary N) is 1. The van der Waals surface area contributed by atoms with Crippen LogP contribution in [-0.2, 0) is 16.0 Å². The van der Waals surface area contributed by atoms with Gasteiger partial charge >= 0.3 is 0 Å². The predicted molar refractivity (Wildman–Crippen MR) is 111 cm³/mol. The quantitative estimate of drug-likeness (QED) is 0.760. The van der Waals surface area contributed by atoms with Crippen molar-refractivity contribution in [2.24, 2.45) is 0 Å². The zero-order chi connectivity index (χ0) is 21.3. The smallest absolute Gasteiger partial charge is 0.251 e. The maximum Gasteiger partial charge on any atom is 0.251 e. The fraction of sp³-hybridized carbons (Fsp3) is 0.348. The van der Waals surface area contributed by atoms with E-state index in [1.165, 1.54) is 29.8 Å². The third kappa shape index (κ3) is 6.14. The first-order valence-electron chi connectivity index (χ1n) is 10.2. The lowest BCUT2D eigenvalue weighted by molar-refractivity contribution is -0.139. The average molecular weight is 411 g/mol. The topological polar surface area (TPSA) is 69.7 Å². The Labute approximate surface area is 175 Å². The molecule has 30 heavy (non-hydrogen) atoms. The molecule has 0 aromatic heterocycles. The first kappa shape index (κ1) is 21.5. The number of carbonyl (C=O) groups is 3. The number of nitrogens with zero attached hydrogens (tertiary/aromatic N) is 2. The fourth-order valence-corrected chi connectivity index (χ4v) is 3.42. The molecule has 2 aromatic rings. The van der Waals surface area contributed by atoms with Gasteiger partial charge in [0.05, 0.1) is 6.54 Å². The Morgan fingerprint density at radius 2 is 1.43 bits per heavy atom. The number of aryl methyl sites for hydroxylation is 1. The molecule has 158 valence electrons. The molecule has 3 rings (SSSR count). The molecule has 1 saturated heterocycles. The molecule has 0 spiro atoms. The van der Waals surface area contributed by atoms with Gasteiger partial charge in [-0.15, -0.1) is 0 Å². The maximum absolute atomic E-state index is 12.9. The molecule has 6 nitrogen and oxygen atoms in total. The number of rotatable bonds is 7. The molecule has 1 aliphatic rings. The van der Waals surface area contributed by atoms with Crippen LogP contribution in [0.5, 0.6) is 0 Å². The van der Waals surface area contributed by atoms with Gasteiger partial charge in [-0.3, -0.25) is 14.4 Å². The molecule has 3 amide bonds. The van der Waals surface area contributed by atoms with Crippen molar-refractivity contribution in [3.8, 4) is 0 Å². The first-order chi connectivity index (χ1) is 14.5. The van der Waals surface area contributed by atoms with Gasteiger partial charge in [0, 0.05) is 38.2 Å². The second-order valence-electron chi connectivity index (χ2n) is 7.29. The van der Waals surface area contributed by atoms with Gasteiger partial charge in [-0.1, -0.05) is 30.3 Å². The van der Waals surface area contributed by atoms with Crippen molar-refractivity contribution >= 4 is 17.7 Å². The van der Waals surface area contributed by atoms with Gasteiger partial charge in [0.1, 0.15) is 5.82 Å². The molecule has 1 aliphatic heterocycles. The molecule has 0 aliphatic carbocycles. The summed E-state index contributed by atoms with van der Waals surface area (Å²) in [6, 6.07) is 15.2. The van der Waals surface area contributed by atoms with Crippen molar-refractivity contribution in [1.82, 2.24) is 15.1 Å². The Hall–Kier alpha value is -3.22. The summed E-state index contributed by atoms with van der Waals surface area (Å²) in [7, 11) is 0. The Kier molecular flexibility index (Phi) is 7.54. The van der Waals surface area contributed by atoms with E-state index in [0.717, 1.165) is 12.8 Å². The number of carbonyl (C=O) groups excluding carboxylic acids is 3. The second kappa shape index (κ2) is 10.5. The van der Waals surface area contributed by atoms with Gasteiger partial charge < -0.3 is 15.1 Å². The van der Waals surface area contributed by atoms with E-state index in [1.54, 1.807) is 9.80 Å². The van der Waals surface area contributed by atoms with Crippen LogP contribution >= 0.6 is 0 Å². The van der Waals surface area contributed by atoms with Crippen LogP contribution in [0.1, 0.15) is 28.8 Å². The van der Waals surface area contributed by atoms with E-state index in [1.807, 2.05) is 18.2 Å². The molecule has 2 aromatic carbocycles. The summed E-state index contributed by atoms with van der Waals surface area (Å²) in [5.74, 6) is -0.921. The van der Waals surface area contributed by atoms with E-state index in [-0.39, 0.29) is 18.4 Å². The van der Waals surface area contributed by atoms with E-state index in [9.17, 15) is 18.8 Å². The SMILES string of the molecule is O=C(NCC(=O)N1CCN(C(=O)CCCc2ccccc2)CC1)c1ccc(F)cc1. The number of amides is 3. The van der Waals surface area contributed by atoms with Crippen LogP contribution in [-0.4, -0.2) is 60.2 Å². The minimum absolute atomic E-state index is 0.114. The van der Waals surface area contributed by atoms with Crippen LogP contribution in [0.15, 0.2) is 54.6 Å².